The van der Waals surface area contributed by atoms with Crippen LogP contribution in [-0.4, -0.2) is 64.9 Å². The monoisotopic (exact) mass is 679 g/mol. The van der Waals surface area contributed by atoms with E-state index in [1.54, 1.807) is 6.92 Å². The zero-order valence-corrected chi connectivity index (χ0v) is 28.7. The maximum absolute atomic E-state index is 12.1. The number of hydrogen-bond acceptors (Lipinski definition) is 8. The predicted molar refractivity (Wildman–Crippen MR) is 184 cm³/mol. The molecule has 0 aliphatic carbocycles. The number of hydrogen-bond donors (Lipinski definition) is 4. The Balaban J connectivity index is 4.05. The number of nitrogens with one attached hydrogen (secondary N) is 1. The summed E-state index contributed by atoms with van der Waals surface area (Å²) in [5.41, 5.74) is 0. The lowest BCUT2D eigenvalue weighted by atomic mass is 10.2. The number of aliphatic carboxylic acids is 1. The summed E-state index contributed by atoms with van der Waals surface area (Å²) in [6, 6.07) is -1.58. The molecule has 0 aromatic heterocycles. The van der Waals surface area contributed by atoms with Crippen LogP contribution < -0.4 is 5.32 Å². The van der Waals surface area contributed by atoms with Gasteiger partial charge in [0.15, 0.2) is 6.04 Å². The SMILES string of the molecule is CC/C=C\C/C=C\C/C=C\C/C=C\C/C=C\C/C=C\C/C=C\CCCC(=O)NC(COP(=O)(O)OCC(O)COC(=O)CC)C(=O)O. The molecule has 0 radical (unpaired) electrons. The van der Waals surface area contributed by atoms with Crippen LogP contribution >= 0.6 is 7.82 Å². The number of esters is 1. The predicted octanol–water partition coefficient (Wildman–Crippen LogP) is 6.82. The van der Waals surface area contributed by atoms with Crippen LogP contribution in [-0.2, 0) is 32.7 Å². The van der Waals surface area contributed by atoms with E-state index in [4.69, 9.17) is 0 Å². The number of allylic oxidation sites excluding steroid dienone is 14. The van der Waals surface area contributed by atoms with Crippen molar-refractivity contribution in [2.24, 2.45) is 0 Å². The first-order valence-electron chi connectivity index (χ1n) is 16.1. The van der Waals surface area contributed by atoms with Gasteiger partial charge in [-0.1, -0.05) is 98.9 Å². The van der Waals surface area contributed by atoms with Gasteiger partial charge in [0.05, 0.1) is 13.2 Å². The van der Waals surface area contributed by atoms with E-state index in [9.17, 15) is 34.1 Å². The van der Waals surface area contributed by atoms with E-state index in [1.807, 2.05) is 12.2 Å². The van der Waals surface area contributed by atoms with Crippen LogP contribution in [0, 0.1) is 0 Å². The molecule has 0 bridgehead atoms. The van der Waals surface area contributed by atoms with Crippen LogP contribution in [0.2, 0.25) is 0 Å². The summed E-state index contributed by atoms with van der Waals surface area (Å²) in [5, 5.41) is 21.2. The van der Waals surface area contributed by atoms with Gasteiger partial charge >= 0.3 is 19.8 Å². The van der Waals surface area contributed by atoms with Crippen molar-refractivity contribution in [3.8, 4) is 0 Å². The molecule has 47 heavy (non-hydrogen) atoms. The van der Waals surface area contributed by atoms with E-state index < -0.39 is 57.6 Å². The summed E-state index contributed by atoms with van der Waals surface area (Å²) in [5.74, 6) is -2.57. The number of carboxylic acid groups (broad SMARTS) is 1. The Morgan fingerprint density at radius 3 is 1.60 bits per heavy atom. The first-order chi connectivity index (χ1) is 22.6. The molecule has 4 N–H and O–H groups in total. The first kappa shape index (κ1) is 43.7. The Morgan fingerprint density at radius 2 is 1.15 bits per heavy atom. The standard InChI is InChI=1S/C35H54NO10P/c1-3-5-6-7-8-9-10-11-12-13-14-15-16-17-18-19-20-21-22-23-24-25-26-27-33(38)36-32(35(40)41)30-46-47(42,43)45-29-31(37)28-44-34(39)4-2/h5-6,8-9,11-12,14-15,17-18,20-21,23-24,31-32,37H,3-4,7,10,13,16,19,22,25-30H2,1-2H3,(H,36,38)(H,40,41)(H,42,43)/b6-5-,9-8-,12-11-,15-14-,18-17-,21-20-,24-23-. The van der Waals surface area contributed by atoms with Gasteiger partial charge in [-0.2, -0.15) is 0 Å². The van der Waals surface area contributed by atoms with Gasteiger partial charge in [-0.25, -0.2) is 9.36 Å². The van der Waals surface area contributed by atoms with Crippen LogP contribution in [0.15, 0.2) is 85.1 Å². The van der Waals surface area contributed by atoms with E-state index in [1.165, 1.54) is 0 Å². The van der Waals surface area contributed by atoms with E-state index >= 15 is 0 Å². The second-order valence-electron chi connectivity index (χ2n) is 10.2. The number of carbonyl (C=O) groups excluding carboxylic acids is 2. The zero-order valence-electron chi connectivity index (χ0n) is 27.8. The second-order valence-corrected chi connectivity index (χ2v) is 11.7. The molecule has 3 unspecified atom stereocenters. The number of rotatable bonds is 28. The third kappa shape index (κ3) is 29.8. The van der Waals surface area contributed by atoms with Gasteiger partial charge in [0, 0.05) is 12.8 Å². The lowest BCUT2D eigenvalue weighted by Crippen LogP contribution is -2.43. The van der Waals surface area contributed by atoms with Crippen LogP contribution in [0.5, 0.6) is 0 Å². The van der Waals surface area contributed by atoms with Crippen LogP contribution in [0.4, 0.5) is 0 Å². The van der Waals surface area contributed by atoms with Crippen molar-refractivity contribution >= 4 is 25.7 Å². The minimum atomic E-state index is -4.74. The van der Waals surface area contributed by atoms with Crippen molar-refractivity contribution in [2.75, 3.05) is 19.8 Å². The average Bonchev–Trinajstić information content (AvgIpc) is 3.04. The minimum absolute atomic E-state index is 0.0595. The van der Waals surface area contributed by atoms with Crippen molar-refractivity contribution in [1.82, 2.24) is 5.32 Å². The molecule has 12 heteroatoms. The van der Waals surface area contributed by atoms with E-state index in [0.29, 0.717) is 12.8 Å². The molecule has 0 saturated heterocycles. The van der Waals surface area contributed by atoms with Crippen LogP contribution in [0.1, 0.15) is 84.5 Å². The number of phosphoric acid groups is 1. The largest absolute Gasteiger partial charge is 0.480 e. The van der Waals surface area contributed by atoms with Gasteiger partial charge < -0.3 is 25.2 Å². The van der Waals surface area contributed by atoms with Gasteiger partial charge in [0.2, 0.25) is 5.91 Å². The number of aliphatic hydroxyl groups excluding tert-OH is 1. The number of ether oxygens (including phenoxy) is 1. The highest BCUT2D eigenvalue weighted by Crippen LogP contribution is 2.43. The Labute approximate surface area is 280 Å². The molecular weight excluding hydrogens is 625 g/mol. The Bertz CT molecular complexity index is 1120. The fraction of sp³-hybridized carbons (Fsp3) is 0.514. The summed E-state index contributed by atoms with van der Waals surface area (Å²) < 4.78 is 25.9. The Kier molecular flexibility index (Phi) is 27.9. The molecule has 0 rings (SSSR count). The molecular formula is C35H54NO10P. The number of unbranched alkanes of at least 4 members (excludes halogenated alkanes) is 1. The van der Waals surface area contributed by atoms with Crippen molar-refractivity contribution in [1.29, 1.82) is 0 Å². The maximum Gasteiger partial charge on any atom is 0.472 e. The zero-order chi connectivity index (χ0) is 35.0. The molecule has 0 aromatic carbocycles. The van der Waals surface area contributed by atoms with Crippen LogP contribution in [0.3, 0.4) is 0 Å². The molecule has 3 atom stereocenters. The summed E-state index contributed by atoms with van der Waals surface area (Å²) in [4.78, 5) is 44.4. The number of aliphatic hydroxyl groups is 1. The molecule has 11 nitrogen and oxygen atoms in total. The first-order valence-corrected chi connectivity index (χ1v) is 17.6. The highest BCUT2D eigenvalue weighted by molar-refractivity contribution is 7.47. The Morgan fingerprint density at radius 1 is 0.702 bits per heavy atom. The fourth-order valence-corrected chi connectivity index (χ4v) is 4.23. The van der Waals surface area contributed by atoms with Gasteiger partial charge in [0.25, 0.3) is 0 Å². The molecule has 0 aliphatic rings. The molecule has 0 fully saturated rings. The summed E-state index contributed by atoms with van der Waals surface area (Å²) in [6.07, 6.45) is 36.1. The molecule has 0 heterocycles. The summed E-state index contributed by atoms with van der Waals surface area (Å²) >= 11 is 0. The highest BCUT2D eigenvalue weighted by Gasteiger charge is 2.28. The normalized spacial score (nSPS) is 15.1. The minimum Gasteiger partial charge on any atom is -0.480 e. The maximum atomic E-state index is 12.1. The molecule has 264 valence electrons. The third-order valence-corrected chi connectivity index (χ3v) is 6.95. The lowest BCUT2D eigenvalue weighted by Gasteiger charge is -2.18. The van der Waals surface area contributed by atoms with E-state index in [0.717, 1.165) is 44.9 Å². The molecule has 1 amide bonds. The second kappa shape index (κ2) is 30.0. The average molecular weight is 680 g/mol. The van der Waals surface area contributed by atoms with E-state index in [2.05, 4.69) is 98.9 Å². The fourth-order valence-electron chi connectivity index (χ4n) is 3.46. The van der Waals surface area contributed by atoms with Crippen molar-refractivity contribution in [2.45, 2.75) is 96.6 Å². The quantitative estimate of drug-likeness (QED) is 0.0298. The van der Waals surface area contributed by atoms with Gasteiger partial charge in [-0.15, -0.1) is 0 Å². The molecule has 0 saturated carbocycles. The smallest absolute Gasteiger partial charge is 0.472 e. The topological polar surface area (TPSA) is 169 Å². The third-order valence-electron chi connectivity index (χ3n) is 6.00. The van der Waals surface area contributed by atoms with Crippen molar-refractivity contribution in [3.63, 3.8) is 0 Å². The number of carbonyl (C=O) groups is 3. The van der Waals surface area contributed by atoms with E-state index in [-0.39, 0.29) is 12.8 Å². The van der Waals surface area contributed by atoms with Gasteiger partial charge in [-0.05, 0) is 57.8 Å². The number of phosphoric ester groups is 1. The van der Waals surface area contributed by atoms with Crippen molar-refractivity contribution in [3.05, 3.63) is 85.1 Å². The number of amides is 1. The molecule has 0 aromatic rings. The summed E-state index contributed by atoms with van der Waals surface area (Å²) in [6.45, 7) is 1.72. The lowest BCUT2D eigenvalue weighted by molar-refractivity contribution is -0.146. The summed E-state index contributed by atoms with van der Waals surface area (Å²) in [7, 11) is -4.74. The number of carboxylic acids is 1. The van der Waals surface area contributed by atoms with Crippen LogP contribution in [0.25, 0.3) is 0 Å². The highest BCUT2D eigenvalue weighted by atomic mass is 31.2. The molecule has 0 spiro atoms. The van der Waals surface area contributed by atoms with Gasteiger partial charge in [0.1, 0.15) is 12.7 Å². The Hall–Kier alpha value is -3.34. The van der Waals surface area contributed by atoms with Gasteiger partial charge in [-0.3, -0.25) is 18.6 Å². The molecule has 0 aliphatic heterocycles. The van der Waals surface area contributed by atoms with Crippen molar-refractivity contribution < 1.29 is 47.8 Å².